The van der Waals surface area contributed by atoms with Gasteiger partial charge in [-0.2, -0.15) is 0 Å². The quantitative estimate of drug-likeness (QED) is 0.834. The van der Waals surface area contributed by atoms with Crippen LogP contribution in [-0.4, -0.2) is 47.4 Å². The average Bonchev–Trinajstić information content (AvgIpc) is 2.86. The first-order valence-electron chi connectivity index (χ1n) is 7.12. The number of carbonyl (C=O) groups is 1. The van der Waals surface area contributed by atoms with Crippen LogP contribution in [-0.2, 0) is 0 Å². The van der Waals surface area contributed by atoms with E-state index in [9.17, 15) is 4.79 Å². The summed E-state index contributed by atoms with van der Waals surface area (Å²) in [6, 6.07) is 4.43. The largest absolute Gasteiger partial charge is 0.338 e. The van der Waals surface area contributed by atoms with Crippen molar-refractivity contribution in [3.8, 4) is 0 Å². The van der Waals surface area contributed by atoms with Crippen LogP contribution in [0.1, 0.15) is 48.8 Å². The summed E-state index contributed by atoms with van der Waals surface area (Å²) in [5, 5.41) is 0. The Morgan fingerprint density at radius 2 is 2.21 bits per heavy atom. The zero-order chi connectivity index (χ0) is 13.8. The van der Waals surface area contributed by atoms with Crippen LogP contribution >= 0.6 is 0 Å². The second kappa shape index (κ2) is 6.15. The predicted molar refractivity (Wildman–Crippen MR) is 76.1 cm³/mol. The number of amides is 1. The molecule has 4 nitrogen and oxygen atoms in total. The summed E-state index contributed by atoms with van der Waals surface area (Å²) in [7, 11) is 2.14. The van der Waals surface area contributed by atoms with E-state index in [-0.39, 0.29) is 5.91 Å². The molecule has 1 atom stereocenters. The molecular formula is C15H23N3O. The van der Waals surface area contributed by atoms with Crippen molar-refractivity contribution in [1.82, 2.24) is 14.8 Å². The lowest BCUT2D eigenvalue weighted by Crippen LogP contribution is -2.31. The Bertz CT molecular complexity index is 443. The van der Waals surface area contributed by atoms with E-state index in [0.717, 1.165) is 19.6 Å². The average molecular weight is 261 g/mol. The highest BCUT2D eigenvalue weighted by molar-refractivity contribution is 5.92. The molecule has 0 aromatic carbocycles. The van der Waals surface area contributed by atoms with Crippen LogP contribution in [0.4, 0.5) is 0 Å². The van der Waals surface area contributed by atoms with Crippen LogP contribution in [0.25, 0.3) is 0 Å². The highest BCUT2D eigenvalue weighted by Crippen LogP contribution is 2.30. The number of hydrogen-bond acceptors (Lipinski definition) is 3. The van der Waals surface area contributed by atoms with Gasteiger partial charge < -0.3 is 4.90 Å². The molecular weight excluding hydrogens is 238 g/mol. The van der Waals surface area contributed by atoms with Crippen molar-refractivity contribution < 1.29 is 4.79 Å². The molecule has 1 aliphatic rings. The van der Waals surface area contributed by atoms with E-state index in [2.05, 4.69) is 16.9 Å². The molecule has 1 aromatic heterocycles. The normalized spacial score (nSPS) is 19.6. The molecule has 1 fully saturated rings. The second-order valence-electron chi connectivity index (χ2n) is 5.09. The number of carbonyl (C=O) groups excluding carboxylic acids is 1. The molecule has 1 aliphatic heterocycles. The number of nitrogens with zero attached hydrogens (tertiary/aromatic N) is 3. The first kappa shape index (κ1) is 14.0. The maximum absolute atomic E-state index is 12.3. The third-order valence-electron chi connectivity index (χ3n) is 3.96. The van der Waals surface area contributed by atoms with Crippen molar-refractivity contribution in [2.45, 2.75) is 32.7 Å². The van der Waals surface area contributed by atoms with Gasteiger partial charge in [-0.05, 0) is 58.0 Å². The van der Waals surface area contributed by atoms with Gasteiger partial charge in [0.1, 0.15) is 5.69 Å². The Morgan fingerprint density at radius 3 is 2.79 bits per heavy atom. The van der Waals surface area contributed by atoms with Crippen LogP contribution in [0, 0.1) is 0 Å². The molecule has 0 saturated carbocycles. The number of hydrogen-bond donors (Lipinski definition) is 0. The van der Waals surface area contributed by atoms with E-state index in [1.165, 1.54) is 18.4 Å². The van der Waals surface area contributed by atoms with Crippen LogP contribution in [0.5, 0.6) is 0 Å². The van der Waals surface area contributed by atoms with Gasteiger partial charge in [0.05, 0.1) is 0 Å². The second-order valence-corrected chi connectivity index (χ2v) is 5.09. The molecule has 2 rings (SSSR count). The fourth-order valence-corrected chi connectivity index (χ4v) is 2.78. The Morgan fingerprint density at radius 1 is 1.47 bits per heavy atom. The number of rotatable bonds is 4. The summed E-state index contributed by atoms with van der Waals surface area (Å²) in [6.07, 6.45) is 4.15. The zero-order valence-corrected chi connectivity index (χ0v) is 12.1. The van der Waals surface area contributed by atoms with Gasteiger partial charge >= 0.3 is 0 Å². The molecule has 4 heteroatoms. The maximum Gasteiger partial charge on any atom is 0.272 e. The van der Waals surface area contributed by atoms with E-state index < -0.39 is 0 Å². The van der Waals surface area contributed by atoms with Crippen molar-refractivity contribution in [3.63, 3.8) is 0 Å². The molecule has 19 heavy (non-hydrogen) atoms. The first-order chi connectivity index (χ1) is 9.17. The molecule has 1 saturated heterocycles. The minimum Gasteiger partial charge on any atom is -0.338 e. The number of likely N-dealkylation sites (tertiary alicyclic amines) is 1. The topological polar surface area (TPSA) is 36.4 Å². The van der Waals surface area contributed by atoms with Crippen molar-refractivity contribution >= 4 is 5.91 Å². The van der Waals surface area contributed by atoms with Gasteiger partial charge in [0.2, 0.25) is 0 Å². The summed E-state index contributed by atoms with van der Waals surface area (Å²) in [6.45, 7) is 6.58. The molecule has 0 aliphatic carbocycles. The molecule has 0 bridgehead atoms. The molecule has 1 aromatic rings. The standard InChI is InChI=1S/C15H23N3O/c1-4-18(5-2)15(19)13-11-12(8-9-16-13)14-7-6-10-17(14)3/h8-9,11,14H,4-7,10H2,1-3H3/t14-/m1/s1. The van der Waals surface area contributed by atoms with Gasteiger partial charge in [-0.25, -0.2) is 0 Å². The summed E-state index contributed by atoms with van der Waals surface area (Å²) in [5.74, 6) is 0.0347. The first-order valence-corrected chi connectivity index (χ1v) is 7.12. The predicted octanol–water partition coefficient (Wildman–Crippen LogP) is 2.33. The highest BCUT2D eigenvalue weighted by Gasteiger charge is 2.24. The van der Waals surface area contributed by atoms with Gasteiger partial charge in [-0.1, -0.05) is 0 Å². The lowest BCUT2D eigenvalue weighted by molar-refractivity contribution is 0.0767. The van der Waals surface area contributed by atoms with E-state index in [4.69, 9.17) is 0 Å². The summed E-state index contributed by atoms with van der Waals surface area (Å²) in [5.41, 5.74) is 1.78. The smallest absolute Gasteiger partial charge is 0.272 e. The summed E-state index contributed by atoms with van der Waals surface area (Å²) >= 11 is 0. The minimum atomic E-state index is 0.0347. The Balaban J connectivity index is 2.21. The fourth-order valence-electron chi connectivity index (χ4n) is 2.78. The van der Waals surface area contributed by atoms with Crippen LogP contribution in [0.3, 0.4) is 0 Å². The van der Waals surface area contributed by atoms with Crippen LogP contribution < -0.4 is 0 Å². The highest BCUT2D eigenvalue weighted by atomic mass is 16.2. The minimum absolute atomic E-state index is 0.0347. The summed E-state index contributed by atoms with van der Waals surface area (Å²) < 4.78 is 0. The third kappa shape index (κ3) is 2.95. The fraction of sp³-hybridized carbons (Fsp3) is 0.600. The van der Waals surface area contributed by atoms with E-state index in [1.807, 2.05) is 30.9 Å². The van der Waals surface area contributed by atoms with Crippen molar-refractivity contribution in [2.24, 2.45) is 0 Å². The third-order valence-corrected chi connectivity index (χ3v) is 3.96. The number of pyridine rings is 1. The van der Waals surface area contributed by atoms with E-state index >= 15 is 0 Å². The lowest BCUT2D eigenvalue weighted by atomic mass is 10.0. The molecule has 2 heterocycles. The summed E-state index contributed by atoms with van der Waals surface area (Å²) in [4.78, 5) is 20.7. The molecule has 1 amide bonds. The Labute approximate surface area is 115 Å². The van der Waals surface area contributed by atoms with Gasteiger partial charge in [0.15, 0.2) is 0 Å². The van der Waals surface area contributed by atoms with E-state index in [1.54, 1.807) is 6.20 Å². The van der Waals surface area contributed by atoms with Crippen LogP contribution in [0.2, 0.25) is 0 Å². The lowest BCUT2D eigenvalue weighted by Gasteiger charge is -2.21. The molecule has 0 unspecified atom stereocenters. The van der Waals surface area contributed by atoms with Crippen molar-refractivity contribution in [3.05, 3.63) is 29.6 Å². The molecule has 0 spiro atoms. The Hall–Kier alpha value is -1.42. The zero-order valence-electron chi connectivity index (χ0n) is 12.1. The molecule has 104 valence electrons. The maximum atomic E-state index is 12.3. The van der Waals surface area contributed by atoms with E-state index in [0.29, 0.717) is 11.7 Å². The van der Waals surface area contributed by atoms with Gasteiger partial charge in [0, 0.05) is 25.3 Å². The van der Waals surface area contributed by atoms with Crippen molar-refractivity contribution in [1.29, 1.82) is 0 Å². The molecule has 0 N–H and O–H groups in total. The van der Waals surface area contributed by atoms with Gasteiger partial charge in [0.25, 0.3) is 5.91 Å². The van der Waals surface area contributed by atoms with Gasteiger partial charge in [-0.3, -0.25) is 14.7 Å². The van der Waals surface area contributed by atoms with Crippen molar-refractivity contribution in [2.75, 3.05) is 26.7 Å². The number of aromatic nitrogens is 1. The SMILES string of the molecule is CCN(CC)C(=O)c1cc([C@H]2CCCN2C)ccn1. The van der Waals surface area contributed by atoms with Crippen LogP contribution in [0.15, 0.2) is 18.3 Å². The monoisotopic (exact) mass is 261 g/mol. The molecule has 0 radical (unpaired) electrons. The van der Waals surface area contributed by atoms with Gasteiger partial charge in [-0.15, -0.1) is 0 Å². The Kier molecular flexibility index (Phi) is 4.53.